The van der Waals surface area contributed by atoms with Crippen LogP contribution in [0, 0.1) is 5.92 Å². The zero-order chi connectivity index (χ0) is 15.7. The van der Waals surface area contributed by atoms with Crippen molar-refractivity contribution in [3.05, 3.63) is 40.2 Å². The molecule has 1 aromatic carbocycles. The van der Waals surface area contributed by atoms with E-state index in [0.717, 1.165) is 12.8 Å². The SMILES string of the molecule is COc1cccc2cc(C(=O)N3CCC[C@H](C)C3)c(=O)oc12. The van der Waals surface area contributed by atoms with Crippen molar-refractivity contribution in [2.24, 2.45) is 5.92 Å². The lowest BCUT2D eigenvalue weighted by Crippen LogP contribution is -2.40. The van der Waals surface area contributed by atoms with Crippen molar-refractivity contribution in [2.45, 2.75) is 19.8 Å². The zero-order valence-electron chi connectivity index (χ0n) is 12.8. The predicted molar refractivity (Wildman–Crippen MR) is 83.3 cm³/mol. The Hall–Kier alpha value is -2.30. The maximum absolute atomic E-state index is 12.6. The number of benzene rings is 1. The maximum atomic E-state index is 12.6. The maximum Gasteiger partial charge on any atom is 0.349 e. The predicted octanol–water partition coefficient (Wildman–Crippen LogP) is 2.67. The number of carbonyl (C=O) groups is 1. The van der Waals surface area contributed by atoms with Gasteiger partial charge in [-0.3, -0.25) is 4.79 Å². The van der Waals surface area contributed by atoms with Crippen LogP contribution >= 0.6 is 0 Å². The van der Waals surface area contributed by atoms with E-state index < -0.39 is 5.63 Å². The van der Waals surface area contributed by atoms with E-state index in [1.54, 1.807) is 29.2 Å². The summed E-state index contributed by atoms with van der Waals surface area (Å²) in [5, 5.41) is 0.687. The molecule has 5 nitrogen and oxygen atoms in total. The summed E-state index contributed by atoms with van der Waals surface area (Å²) in [5.41, 5.74) is -0.145. The first-order chi connectivity index (χ1) is 10.6. The molecule has 22 heavy (non-hydrogen) atoms. The van der Waals surface area contributed by atoms with Gasteiger partial charge in [-0.05, 0) is 30.9 Å². The largest absolute Gasteiger partial charge is 0.493 e. The number of likely N-dealkylation sites (tertiary alicyclic amines) is 1. The number of fused-ring (bicyclic) bond motifs is 1. The number of carbonyl (C=O) groups excluding carboxylic acids is 1. The number of para-hydroxylation sites is 1. The standard InChI is InChI=1S/C17H19NO4/c1-11-5-4-8-18(10-11)16(19)13-9-12-6-3-7-14(21-2)15(12)22-17(13)20/h3,6-7,9,11H,4-5,8,10H2,1-2H3/t11-/m0/s1. The van der Waals surface area contributed by atoms with Crippen molar-refractivity contribution >= 4 is 16.9 Å². The van der Waals surface area contributed by atoms with Crippen LogP contribution in [0.1, 0.15) is 30.1 Å². The normalized spacial score (nSPS) is 18.5. The molecule has 5 heteroatoms. The lowest BCUT2D eigenvalue weighted by molar-refractivity contribution is 0.0679. The second kappa shape index (κ2) is 5.83. The molecule has 0 saturated carbocycles. The van der Waals surface area contributed by atoms with Gasteiger partial charge in [-0.2, -0.15) is 0 Å². The second-order valence-corrected chi connectivity index (χ2v) is 5.82. The van der Waals surface area contributed by atoms with Crippen molar-refractivity contribution in [2.75, 3.05) is 20.2 Å². The highest BCUT2D eigenvalue weighted by atomic mass is 16.5. The van der Waals surface area contributed by atoms with E-state index in [2.05, 4.69) is 6.92 Å². The van der Waals surface area contributed by atoms with Gasteiger partial charge in [-0.15, -0.1) is 0 Å². The fraction of sp³-hybridized carbons (Fsp3) is 0.412. The summed E-state index contributed by atoms with van der Waals surface area (Å²) in [6, 6.07) is 6.93. The number of rotatable bonds is 2. The lowest BCUT2D eigenvalue weighted by Gasteiger charge is -2.30. The number of ether oxygens (including phenoxy) is 1. The van der Waals surface area contributed by atoms with Gasteiger partial charge in [0, 0.05) is 18.5 Å². The quantitative estimate of drug-likeness (QED) is 0.800. The fourth-order valence-corrected chi connectivity index (χ4v) is 2.97. The lowest BCUT2D eigenvalue weighted by atomic mass is 9.99. The van der Waals surface area contributed by atoms with Gasteiger partial charge >= 0.3 is 5.63 Å². The molecule has 1 aromatic heterocycles. The molecule has 1 aliphatic rings. The van der Waals surface area contributed by atoms with Gasteiger partial charge in [0.25, 0.3) is 5.91 Å². The molecule has 0 aliphatic carbocycles. The van der Waals surface area contributed by atoms with Crippen LogP contribution in [-0.4, -0.2) is 31.0 Å². The van der Waals surface area contributed by atoms with Gasteiger partial charge in [-0.25, -0.2) is 4.79 Å². The first-order valence-corrected chi connectivity index (χ1v) is 7.50. The van der Waals surface area contributed by atoms with Crippen LogP contribution in [0.3, 0.4) is 0 Å². The Morgan fingerprint density at radius 1 is 1.41 bits per heavy atom. The fourth-order valence-electron chi connectivity index (χ4n) is 2.97. The van der Waals surface area contributed by atoms with Crippen LogP contribution in [0.5, 0.6) is 5.75 Å². The highest BCUT2D eigenvalue weighted by Crippen LogP contribution is 2.25. The van der Waals surface area contributed by atoms with E-state index >= 15 is 0 Å². The van der Waals surface area contributed by atoms with Crippen molar-refractivity contribution in [3.63, 3.8) is 0 Å². The highest BCUT2D eigenvalue weighted by Gasteiger charge is 2.25. The van der Waals surface area contributed by atoms with Crippen LogP contribution in [0.15, 0.2) is 33.5 Å². The number of amides is 1. The minimum Gasteiger partial charge on any atom is -0.493 e. The molecule has 0 unspecified atom stereocenters. The summed E-state index contributed by atoms with van der Waals surface area (Å²) in [7, 11) is 1.52. The summed E-state index contributed by atoms with van der Waals surface area (Å²) in [6.45, 7) is 3.50. The molecule has 0 spiro atoms. The topological polar surface area (TPSA) is 59.8 Å². The molecule has 1 fully saturated rings. The Balaban J connectivity index is 2.02. The summed E-state index contributed by atoms with van der Waals surface area (Å²) in [5.74, 6) is 0.704. The molecular weight excluding hydrogens is 282 g/mol. The van der Waals surface area contributed by atoms with Crippen molar-refractivity contribution in [1.82, 2.24) is 4.90 Å². The van der Waals surface area contributed by atoms with Gasteiger partial charge < -0.3 is 14.1 Å². The summed E-state index contributed by atoms with van der Waals surface area (Å²) < 4.78 is 10.5. The molecule has 1 aliphatic heterocycles. The third kappa shape index (κ3) is 2.58. The van der Waals surface area contributed by atoms with Crippen LogP contribution in [0.2, 0.25) is 0 Å². The number of hydrogen-bond acceptors (Lipinski definition) is 4. The van der Waals surface area contributed by atoms with Crippen molar-refractivity contribution in [1.29, 1.82) is 0 Å². The smallest absolute Gasteiger partial charge is 0.349 e. The Bertz CT molecular complexity index is 765. The van der Waals surface area contributed by atoms with Gasteiger partial charge in [-0.1, -0.05) is 19.1 Å². The first-order valence-electron chi connectivity index (χ1n) is 7.50. The van der Waals surface area contributed by atoms with Crippen LogP contribution in [0.4, 0.5) is 0 Å². The van der Waals surface area contributed by atoms with E-state index in [1.165, 1.54) is 7.11 Å². The Kier molecular flexibility index (Phi) is 3.88. The third-order valence-electron chi connectivity index (χ3n) is 4.12. The molecule has 2 aromatic rings. The Labute approximate surface area is 128 Å². The zero-order valence-corrected chi connectivity index (χ0v) is 12.8. The van der Waals surface area contributed by atoms with Crippen molar-refractivity contribution < 1.29 is 13.9 Å². The van der Waals surface area contributed by atoms with E-state index in [-0.39, 0.29) is 11.5 Å². The van der Waals surface area contributed by atoms with E-state index in [0.29, 0.717) is 35.7 Å². The molecule has 0 bridgehead atoms. The molecular formula is C17H19NO4. The molecule has 1 amide bonds. The number of hydrogen-bond donors (Lipinski definition) is 0. The molecule has 3 rings (SSSR count). The van der Waals surface area contributed by atoms with Crippen molar-refractivity contribution in [3.8, 4) is 5.75 Å². The minimum atomic E-state index is -0.611. The van der Waals surface area contributed by atoms with E-state index in [9.17, 15) is 9.59 Å². The van der Waals surface area contributed by atoms with Gasteiger partial charge in [0.1, 0.15) is 5.56 Å². The third-order valence-corrected chi connectivity index (χ3v) is 4.12. The number of nitrogens with zero attached hydrogens (tertiary/aromatic N) is 1. The van der Waals surface area contributed by atoms with E-state index in [1.807, 2.05) is 0 Å². The monoisotopic (exact) mass is 301 g/mol. The second-order valence-electron chi connectivity index (χ2n) is 5.82. The van der Waals surface area contributed by atoms with Crippen LogP contribution < -0.4 is 10.4 Å². The number of methoxy groups -OCH3 is 1. The highest BCUT2D eigenvalue weighted by molar-refractivity contribution is 5.97. The average Bonchev–Trinajstić information content (AvgIpc) is 2.53. The molecule has 116 valence electrons. The first kappa shape index (κ1) is 14.6. The van der Waals surface area contributed by atoms with Gasteiger partial charge in [0.15, 0.2) is 11.3 Å². The van der Waals surface area contributed by atoms with Gasteiger partial charge in [0.2, 0.25) is 0 Å². The van der Waals surface area contributed by atoms with Gasteiger partial charge in [0.05, 0.1) is 7.11 Å². The number of piperidine rings is 1. The minimum absolute atomic E-state index is 0.0925. The Morgan fingerprint density at radius 2 is 2.23 bits per heavy atom. The Morgan fingerprint density at radius 3 is 2.95 bits per heavy atom. The van der Waals surface area contributed by atoms with E-state index in [4.69, 9.17) is 9.15 Å². The summed E-state index contributed by atoms with van der Waals surface area (Å²) >= 11 is 0. The summed E-state index contributed by atoms with van der Waals surface area (Å²) in [4.78, 5) is 26.5. The molecule has 1 atom stereocenters. The van der Waals surface area contributed by atoms with Crippen LogP contribution in [-0.2, 0) is 0 Å². The molecule has 2 heterocycles. The average molecular weight is 301 g/mol. The molecule has 0 radical (unpaired) electrons. The molecule has 1 saturated heterocycles. The summed E-state index contributed by atoms with van der Waals surface area (Å²) in [6.07, 6.45) is 2.09. The molecule has 0 N–H and O–H groups in total. The van der Waals surface area contributed by atoms with Crippen LogP contribution in [0.25, 0.3) is 11.0 Å².